The van der Waals surface area contributed by atoms with Crippen LogP contribution in [-0.2, 0) is 11.3 Å². The first kappa shape index (κ1) is 16.0. The molecule has 1 fully saturated rings. The number of piperidine rings is 1. The van der Waals surface area contributed by atoms with E-state index in [-0.39, 0.29) is 12.5 Å². The molecule has 0 saturated carbocycles. The number of amides is 1. The van der Waals surface area contributed by atoms with Gasteiger partial charge in [-0.2, -0.15) is 0 Å². The Morgan fingerprint density at radius 2 is 2.10 bits per heavy atom. The molecule has 1 aliphatic heterocycles. The van der Waals surface area contributed by atoms with Crippen molar-refractivity contribution in [2.75, 3.05) is 19.7 Å². The van der Waals surface area contributed by atoms with Crippen LogP contribution >= 0.6 is 0 Å². The van der Waals surface area contributed by atoms with Gasteiger partial charge in [0, 0.05) is 25.6 Å². The lowest BCUT2D eigenvalue weighted by molar-refractivity contribution is -0.132. The topological polar surface area (TPSA) is 52.6 Å². The van der Waals surface area contributed by atoms with Crippen LogP contribution in [0.4, 0.5) is 0 Å². The zero-order chi connectivity index (χ0) is 14.9. The first-order valence-electron chi connectivity index (χ1n) is 7.95. The Morgan fingerprint density at radius 3 is 2.76 bits per heavy atom. The van der Waals surface area contributed by atoms with Crippen LogP contribution in [0.1, 0.15) is 37.7 Å². The maximum absolute atomic E-state index is 12.4. The third-order valence-corrected chi connectivity index (χ3v) is 4.06. The van der Waals surface area contributed by atoms with Crippen LogP contribution in [-0.4, -0.2) is 41.7 Å². The number of nitrogens with one attached hydrogen (secondary N) is 1. The van der Waals surface area contributed by atoms with Crippen molar-refractivity contribution in [1.82, 2.24) is 10.2 Å². The molecule has 21 heavy (non-hydrogen) atoms. The van der Waals surface area contributed by atoms with E-state index in [0.29, 0.717) is 25.6 Å². The van der Waals surface area contributed by atoms with Gasteiger partial charge in [-0.05, 0) is 31.4 Å². The van der Waals surface area contributed by atoms with E-state index >= 15 is 0 Å². The van der Waals surface area contributed by atoms with Crippen molar-refractivity contribution in [2.24, 2.45) is 0 Å². The van der Waals surface area contributed by atoms with Crippen molar-refractivity contribution in [3.63, 3.8) is 0 Å². The predicted octanol–water partition coefficient (Wildman–Crippen LogP) is 1.93. The molecule has 4 nitrogen and oxygen atoms in total. The Hall–Kier alpha value is -1.39. The lowest BCUT2D eigenvalue weighted by atomic mass is 10.0. The van der Waals surface area contributed by atoms with E-state index in [0.717, 1.165) is 18.5 Å². The maximum atomic E-state index is 12.4. The molecule has 1 aliphatic rings. The lowest BCUT2D eigenvalue weighted by Crippen LogP contribution is -2.37. The molecular weight excluding hydrogens is 264 g/mol. The number of hydrogen-bond donors (Lipinski definition) is 2. The van der Waals surface area contributed by atoms with E-state index in [9.17, 15) is 9.90 Å². The molecule has 1 atom stereocenters. The molecule has 0 bridgehead atoms. The molecule has 0 aromatic heterocycles. The van der Waals surface area contributed by atoms with Gasteiger partial charge in [-0.15, -0.1) is 0 Å². The summed E-state index contributed by atoms with van der Waals surface area (Å²) >= 11 is 0. The Morgan fingerprint density at radius 1 is 1.29 bits per heavy atom. The summed E-state index contributed by atoms with van der Waals surface area (Å²) in [5, 5.41) is 12.6. The van der Waals surface area contributed by atoms with Crippen LogP contribution in [0, 0.1) is 0 Å². The smallest absolute Gasteiger partial charge is 0.223 e. The highest BCUT2D eigenvalue weighted by atomic mass is 16.3. The normalized spacial score (nSPS) is 18.4. The molecule has 1 saturated heterocycles. The fourth-order valence-electron chi connectivity index (χ4n) is 2.84. The monoisotopic (exact) mass is 290 g/mol. The van der Waals surface area contributed by atoms with E-state index in [1.807, 2.05) is 30.3 Å². The quantitative estimate of drug-likeness (QED) is 0.807. The van der Waals surface area contributed by atoms with E-state index in [2.05, 4.69) is 5.32 Å². The summed E-state index contributed by atoms with van der Waals surface area (Å²) in [7, 11) is 0. The van der Waals surface area contributed by atoms with Crippen LogP contribution < -0.4 is 5.32 Å². The van der Waals surface area contributed by atoms with Crippen molar-refractivity contribution in [3.8, 4) is 0 Å². The second-order valence-electron chi connectivity index (χ2n) is 5.71. The average molecular weight is 290 g/mol. The molecule has 116 valence electrons. The maximum Gasteiger partial charge on any atom is 0.223 e. The molecule has 4 heteroatoms. The number of nitrogens with zero attached hydrogens (tertiary/aromatic N) is 1. The highest BCUT2D eigenvalue weighted by molar-refractivity contribution is 5.76. The van der Waals surface area contributed by atoms with Gasteiger partial charge in [0.05, 0.1) is 6.61 Å². The first-order chi connectivity index (χ1) is 10.3. The van der Waals surface area contributed by atoms with Gasteiger partial charge in [0.1, 0.15) is 0 Å². The highest BCUT2D eigenvalue weighted by Gasteiger charge is 2.17. The number of aliphatic hydroxyl groups excluding tert-OH is 1. The van der Waals surface area contributed by atoms with Gasteiger partial charge in [0.15, 0.2) is 0 Å². The second kappa shape index (κ2) is 8.80. The number of carbonyl (C=O) groups is 1. The number of aliphatic hydroxyl groups is 1. The minimum absolute atomic E-state index is 0.0141. The third kappa shape index (κ3) is 5.48. The fourth-order valence-corrected chi connectivity index (χ4v) is 2.84. The van der Waals surface area contributed by atoms with Crippen LogP contribution in [0.15, 0.2) is 30.3 Å². The SMILES string of the molecule is O=C(CCC1CCCCN1)N(CCO)Cc1ccccc1. The van der Waals surface area contributed by atoms with E-state index in [1.165, 1.54) is 19.3 Å². The number of carbonyl (C=O) groups excluding carboxylic acids is 1. The molecule has 2 rings (SSSR count). The van der Waals surface area contributed by atoms with Crippen molar-refractivity contribution in [2.45, 2.75) is 44.7 Å². The molecular formula is C17H26N2O2. The van der Waals surface area contributed by atoms with Gasteiger partial charge in [-0.1, -0.05) is 36.8 Å². The van der Waals surface area contributed by atoms with Crippen molar-refractivity contribution >= 4 is 5.91 Å². The van der Waals surface area contributed by atoms with E-state index in [1.54, 1.807) is 4.90 Å². The molecule has 1 amide bonds. The van der Waals surface area contributed by atoms with E-state index in [4.69, 9.17) is 0 Å². The summed E-state index contributed by atoms with van der Waals surface area (Å²) < 4.78 is 0. The Kier molecular flexibility index (Phi) is 6.70. The highest BCUT2D eigenvalue weighted by Crippen LogP contribution is 2.13. The second-order valence-corrected chi connectivity index (χ2v) is 5.71. The van der Waals surface area contributed by atoms with E-state index < -0.39 is 0 Å². The van der Waals surface area contributed by atoms with Crippen LogP contribution in [0.5, 0.6) is 0 Å². The minimum Gasteiger partial charge on any atom is -0.395 e. The van der Waals surface area contributed by atoms with Gasteiger partial charge in [0.2, 0.25) is 5.91 Å². The van der Waals surface area contributed by atoms with Gasteiger partial charge in [-0.25, -0.2) is 0 Å². The Balaban J connectivity index is 1.83. The molecule has 1 unspecified atom stereocenters. The standard InChI is InChI=1S/C17H26N2O2/c20-13-12-19(14-15-6-2-1-3-7-15)17(21)10-9-16-8-4-5-11-18-16/h1-3,6-7,16,18,20H,4-5,8-14H2. The van der Waals surface area contributed by atoms with Gasteiger partial charge in [0.25, 0.3) is 0 Å². The van der Waals surface area contributed by atoms with Crippen LogP contribution in [0.25, 0.3) is 0 Å². The fraction of sp³-hybridized carbons (Fsp3) is 0.588. The average Bonchev–Trinajstić information content (AvgIpc) is 2.54. The van der Waals surface area contributed by atoms with Gasteiger partial charge >= 0.3 is 0 Å². The number of hydrogen-bond acceptors (Lipinski definition) is 3. The zero-order valence-electron chi connectivity index (χ0n) is 12.6. The number of benzene rings is 1. The predicted molar refractivity (Wildman–Crippen MR) is 83.8 cm³/mol. The first-order valence-corrected chi connectivity index (χ1v) is 7.95. The molecule has 1 heterocycles. The summed E-state index contributed by atoms with van der Waals surface area (Å²) in [6.45, 7) is 2.08. The third-order valence-electron chi connectivity index (χ3n) is 4.06. The molecule has 1 aromatic carbocycles. The zero-order valence-corrected chi connectivity index (χ0v) is 12.6. The lowest BCUT2D eigenvalue weighted by Gasteiger charge is -2.26. The van der Waals surface area contributed by atoms with Crippen LogP contribution in [0.3, 0.4) is 0 Å². The summed E-state index contributed by atoms with van der Waals surface area (Å²) in [6, 6.07) is 10.4. The summed E-state index contributed by atoms with van der Waals surface area (Å²) in [4.78, 5) is 14.1. The van der Waals surface area contributed by atoms with Crippen molar-refractivity contribution in [1.29, 1.82) is 0 Å². The molecule has 0 spiro atoms. The van der Waals surface area contributed by atoms with Gasteiger partial charge in [-0.3, -0.25) is 4.79 Å². The van der Waals surface area contributed by atoms with Crippen LogP contribution in [0.2, 0.25) is 0 Å². The molecule has 0 radical (unpaired) electrons. The summed E-state index contributed by atoms with van der Waals surface area (Å²) in [5.41, 5.74) is 1.11. The minimum atomic E-state index is 0.0141. The summed E-state index contributed by atoms with van der Waals surface area (Å²) in [6.07, 6.45) is 5.14. The largest absolute Gasteiger partial charge is 0.395 e. The van der Waals surface area contributed by atoms with Gasteiger partial charge < -0.3 is 15.3 Å². The Bertz CT molecular complexity index is 416. The molecule has 0 aliphatic carbocycles. The van der Waals surface area contributed by atoms with Crippen molar-refractivity contribution in [3.05, 3.63) is 35.9 Å². The molecule has 2 N–H and O–H groups in total. The van der Waals surface area contributed by atoms with Crippen molar-refractivity contribution < 1.29 is 9.90 Å². The Labute approximate surface area is 127 Å². The molecule has 1 aromatic rings. The number of rotatable bonds is 7. The summed E-state index contributed by atoms with van der Waals surface area (Å²) in [5.74, 6) is 0.139.